The zero-order valence-electron chi connectivity index (χ0n) is 18.6. The van der Waals surface area contributed by atoms with Crippen LogP contribution in [0.1, 0.15) is 110 Å². The molecule has 0 aliphatic heterocycles. The Hall–Kier alpha value is -0.600. The van der Waals surface area contributed by atoms with Gasteiger partial charge in [-0.25, -0.2) is 4.79 Å². The first-order chi connectivity index (χ1) is 13.4. The maximum Gasteiger partial charge on any atom is 0.333 e. The molecule has 5 heteroatoms. The topological polar surface area (TPSA) is 63.6 Å². The summed E-state index contributed by atoms with van der Waals surface area (Å²) < 4.78 is 17.3. The van der Waals surface area contributed by atoms with E-state index in [0.29, 0.717) is 24.5 Å². The highest BCUT2D eigenvalue weighted by molar-refractivity contribution is 7.57. The lowest BCUT2D eigenvalue weighted by Crippen LogP contribution is -2.06. The van der Waals surface area contributed by atoms with Gasteiger partial charge in [0.2, 0.25) is 7.37 Å². The summed E-state index contributed by atoms with van der Waals surface area (Å²) in [6.07, 6.45) is 18.0. The highest BCUT2D eigenvalue weighted by Gasteiger charge is 2.16. The molecule has 0 aromatic heterocycles. The van der Waals surface area contributed by atoms with Crippen molar-refractivity contribution in [3.05, 3.63) is 12.2 Å². The zero-order valence-corrected chi connectivity index (χ0v) is 19.4. The van der Waals surface area contributed by atoms with E-state index in [1.54, 1.807) is 6.92 Å². The minimum Gasteiger partial charge on any atom is -0.462 e. The Kier molecular flexibility index (Phi) is 18.0. The Morgan fingerprint density at radius 2 is 1.18 bits per heavy atom. The Labute approximate surface area is 174 Å². The highest BCUT2D eigenvalue weighted by atomic mass is 31.2. The SMILES string of the molecule is C=C(C)C(=O)OCCCCCCCP(=O)(O)CCCCCCCCCCCC. The van der Waals surface area contributed by atoms with Crippen LogP contribution in [0.4, 0.5) is 0 Å². The summed E-state index contributed by atoms with van der Waals surface area (Å²) in [5.41, 5.74) is 0.432. The van der Waals surface area contributed by atoms with Gasteiger partial charge in [0.1, 0.15) is 0 Å². The van der Waals surface area contributed by atoms with E-state index in [1.807, 2.05) is 0 Å². The summed E-state index contributed by atoms with van der Waals surface area (Å²) in [6.45, 7) is 7.87. The molecule has 0 aromatic carbocycles. The summed E-state index contributed by atoms with van der Waals surface area (Å²) in [5.74, 6) is -0.326. The van der Waals surface area contributed by atoms with Gasteiger partial charge < -0.3 is 9.63 Å². The van der Waals surface area contributed by atoms with Crippen molar-refractivity contribution in [2.75, 3.05) is 18.9 Å². The van der Waals surface area contributed by atoms with E-state index >= 15 is 0 Å². The summed E-state index contributed by atoms with van der Waals surface area (Å²) in [5, 5.41) is 0. The fraction of sp³-hybridized carbons (Fsp3) is 0.870. The number of hydrogen-bond acceptors (Lipinski definition) is 3. The molecule has 0 spiro atoms. The van der Waals surface area contributed by atoms with Gasteiger partial charge in [0.15, 0.2) is 0 Å². The predicted octanol–water partition coefficient (Wildman–Crippen LogP) is 7.25. The quantitative estimate of drug-likeness (QED) is 0.0982. The van der Waals surface area contributed by atoms with E-state index in [-0.39, 0.29) is 5.97 Å². The number of rotatable bonds is 20. The summed E-state index contributed by atoms with van der Waals surface area (Å²) in [7, 11) is -2.93. The van der Waals surface area contributed by atoms with E-state index in [0.717, 1.165) is 44.9 Å². The third-order valence-corrected chi connectivity index (χ3v) is 7.12. The van der Waals surface area contributed by atoms with Gasteiger partial charge in [0.05, 0.1) is 6.61 Å². The second-order valence-corrected chi connectivity index (χ2v) is 10.7. The van der Waals surface area contributed by atoms with Crippen LogP contribution in [0.25, 0.3) is 0 Å². The predicted molar refractivity (Wildman–Crippen MR) is 120 cm³/mol. The Morgan fingerprint density at radius 3 is 1.61 bits per heavy atom. The van der Waals surface area contributed by atoms with Crippen LogP contribution in [0.3, 0.4) is 0 Å². The van der Waals surface area contributed by atoms with Crippen LogP contribution < -0.4 is 0 Å². The van der Waals surface area contributed by atoms with Crippen LogP contribution in [0.15, 0.2) is 12.2 Å². The molecule has 0 fully saturated rings. The highest BCUT2D eigenvalue weighted by Crippen LogP contribution is 2.42. The number of esters is 1. The van der Waals surface area contributed by atoms with E-state index < -0.39 is 7.37 Å². The van der Waals surface area contributed by atoms with E-state index in [9.17, 15) is 14.3 Å². The molecule has 0 saturated heterocycles. The molecule has 0 amide bonds. The molecule has 0 aliphatic rings. The van der Waals surface area contributed by atoms with Gasteiger partial charge in [-0.15, -0.1) is 0 Å². The smallest absolute Gasteiger partial charge is 0.333 e. The van der Waals surface area contributed by atoms with Crippen molar-refractivity contribution in [1.82, 2.24) is 0 Å². The second-order valence-electron chi connectivity index (χ2n) is 8.16. The number of hydrogen-bond donors (Lipinski definition) is 1. The molecule has 0 heterocycles. The fourth-order valence-corrected chi connectivity index (χ4v) is 4.90. The molecule has 28 heavy (non-hydrogen) atoms. The molecule has 4 nitrogen and oxygen atoms in total. The van der Waals surface area contributed by atoms with E-state index in [4.69, 9.17) is 4.74 Å². The van der Waals surface area contributed by atoms with Gasteiger partial charge in [-0.1, -0.05) is 90.6 Å². The van der Waals surface area contributed by atoms with Crippen molar-refractivity contribution in [3.63, 3.8) is 0 Å². The van der Waals surface area contributed by atoms with Crippen LogP contribution in [0.5, 0.6) is 0 Å². The lowest BCUT2D eigenvalue weighted by Gasteiger charge is -2.11. The van der Waals surface area contributed by atoms with Gasteiger partial charge in [-0.3, -0.25) is 4.57 Å². The fourth-order valence-electron chi connectivity index (χ4n) is 3.24. The second kappa shape index (κ2) is 18.4. The number of ether oxygens (including phenoxy) is 1. The molecule has 0 saturated carbocycles. The normalized spacial score (nSPS) is 13.2. The first-order valence-corrected chi connectivity index (χ1v) is 13.6. The van der Waals surface area contributed by atoms with E-state index in [2.05, 4.69) is 13.5 Å². The Morgan fingerprint density at radius 1 is 0.786 bits per heavy atom. The summed E-state index contributed by atoms with van der Waals surface area (Å²) in [6, 6.07) is 0. The molecular formula is C23H45O4P. The van der Waals surface area contributed by atoms with Crippen molar-refractivity contribution >= 4 is 13.3 Å². The third-order valence-electron chi connectivity index (χ3n) is 5.09. The van der Waals surface area contributed by atoms with Crippen LogP contribution in [0.2, 0.25) is 0 Å². The van der Waals surface area contributed by atoms with Gasteiger partial charge in [0.25, 0.3) is 0 Å². The van der Waals surface area contributed by atoms with E-state index in [1.165, 1.54) is 51.4 Å². The Balaban J connectivity index is 3.43. The molecule has 0 aromatic rings. The molecule has 1 unspecified atom stereocenters. The van der Waals surface area contributed by atoms with Gasteiger partial charge in [-0.2, -0.15) is 0 Å². The number of unbranched alkanes of at least 4 members (excludes halogenated alkanes) is 13. The molecular weight excluding hydrogens is 371 g/mol. The van der Waals surface area contributed by atoms with Crippen molar-refractivity contribution in [2.45, 2.75) is 110 Å². The molecule has 1 atom stereocenters. The third kappa shape index (κ3) is 18.7. The first kappa shape index (κ1) is 27.4. The molecule has 0 rings (SSSR count). The van der Waals surface area contributed by atoms with Crippen molar-refractivity contribution in [3.8, 4) is 0 Å². The van der Waals surface area contributed by atoms with Crippen LogP contribution in [-0.2, 0) is 14.1 Å². The van der Waals surface area contributed by atoms with Crippen LogP contribution in [-0.4, -0.2) is 29.8 Å². The van der Waals surface area contributed by atoms with Crippen LogP contribution >= 0.6 is 7.37 Å². The maximum absolute atomic E-state index is 12.2. The van der Waals surface area contributed by atoms with Crippen LogP contribution in [0, 0.1) is 0 Å². The lowest BCUT2D eigenvalue weighted by molar-refractivity contribution is -0.139. The molecule has 1 N–H and O–H groups in total. The number of carbonyl (C=O) groups is 1. The van der Waals surface area contributed by atoms with Crippen molar-refractivity contribution in [1.29, 1.82) is 0 Å². The monoisotopic (exact) mass is 416 g/mol. The Bertz CT molecular complexity index is 448. The standard InChI is InChI=1S/C23H45O4P/c1-4-5-6-7-8-9-10-11-14-17-20-28(25,26)21-18-15-12-13-16-19-27-23(24)22(2)3/h2,4-21H2,1,3H3,(H,25,26). The molecule has 166 valence electrons. The minimum absolute atomic E-state index is 0.326. The average molecular weight is 417 g/mol. The summed E-state index contributed by atoms with van der Waals surface area (Å²) >= 11 is 0. The molecule has 0 aliphatic carbocycles. The largest absolute Gasteiger partial charge is 0.462 e. The van der Waals surface area contributed by atoms with Gasteiger partial charge in [-0.05, 0) is 26.2 Å². The first-order valence-electron chi connectivity index (χ1n) is 11.5. The van der Waals surface area contributed by atoms with Crippen molar-refractivity contribution < 1.29 is 19.0 Å². The maximum atomic E-state index is 12.2. The zero-order chi connectivity index (χ0) is 21.1. The number of carbonyl (C=O) groups excluding carboxylic acids is 1. The van der Waals surface area contributed by atoms with Crippen molar-refractivity contribution in [2.24, 2.45) is 0 Å². The molecule has 0 radical (unpaired) electrons. The lowest BCUT2D eigenvalue weighted by atomic mass is 10.1. The minimum atomic E-state index is -2.93. The average Bonchev–Trinajstić information content (AvgIpc) is 2.65. The van der Waals surface area contributed by atoms with Gasteiger partial charge in [0, 0.05) is 17.9 Å². The molecule has 0 bridgehead atoms. The summed E-state index contributed by atoms with van der Waals surface area (Å²) in [4.78, 5) is 21.3. The van der Waals surface area contributed by atoms with Gasteiger partial charge >= 0.3 is 5.97 Å².